The van der Waals surface area contributed by atoms with E-state index >= 15 is 0 Å². The summed E-state index contributed by atoms with van der Waals surface area (Å²) in [6.07, 6.45) is -2.38. The molecule has 0 atom stereocenters. The Labute approximate surface area is 61.1 Å². The first kappa shape index (κ1) is 9.17. The first-order valence-corrected chi connectivity index (χ1v) is 5.37. The summed E-state index contributed by atoms with van der Waals surface area (Å²) in [5.41, 5.74) is -4.36. The molecular weight excluding hydrogens is 186 g/mol. The van der Waals surface area contributed by atoms with Crippen LogP contribution in [0.1, 0.15) is 19.3 Å². The minimum atomic E-state index is -7.12. The summed E-state index contributed by atoms with van der Waals surface area (Å²) in [7, 11) is -7.12. The molecule has 1 saturated heterocycles. The van der Waals surface area contributed by atoms with Gasteiger partial charge in [0, 0.05) is 0 Å². The molecule has 0 N–H and O–H groups in total. The summed E-state index contributed by atoms with van der Waals surface area (Å²) >= 11 is 0. The minimum absolute atomic E-state index is 0.0112. The molecule has 0 spiro atoms. The van der Waals surface area contributed by atoms with Crippen molar-refractivity contribution < 1.29 is 21.4 Å². The fraction of sp³-hybridized carbons (Fsp3) is 1.00. The van der Waals surface area contributed by atoms with E-state index in [1.807, 2.05) is 0 Å². The topological polar surface area (TPSA) is 0 Å². The van der Waals surface area contributed by atoms with Crippen LogP contribution in [0.25, 0.3) is 0 Å². The average molecular weight is 194 g/mol. The Kier molecular flexibility index (Phi) is 1.72. The van der Waals surface area contributed by atoms with Crippen LogP contribution in [0.2, 0.25) is 0 Å². The molecule has 0 unspecified atom stereocenters. The molecule has 1 heterocycles. The van der Waals surface area contributed by atoms with Crippen LogP contribution in [-0.2, 0) is 0 Å². The van der Waals surface area contributed by atoms with Gasteiger partial charge in [0.2, 0.25) is 0 Å². The van der Waals surface area contributed by atoms with Gasteiger partial charge in [-0.25, -0.2) is 0 Å². The van der Waals surface area contributed by atoms with Gasteiger partial charge in [-0.2, -0.15) is 0 Å². The maximum absolute atomic E-state index is 12.4. The van der Waals surface area contributed by atoms with E-state index in [0.717, 1.165) is 0 Å². The Balaban J connectivity index is 2.93. The third kappa shape index (κ3) is 1.35. The van der Waals surface area contributed by atoms with Crippen molar-refractivity contribution in [3.05, 3.63) is 0 Å². The molecule has 11 heavy (non-hydrogen) atoms. The van der Waals surface area contributed by atoms with Gasteiger partial charge < -0.3 is 0 Å². The van der Waals surface area contributed by atoms with E-state index in [4.69, 9.17) is 0 Å². The Hall–Kier alpha value is 0.0800. The molecule has 0 aromatic heterocycles. The number of hydrogen-bond acceptors (Lipinski definition) is 0. The monoisotopic (exact) mass is 194 g/mol. The molecule has 0 bridgehead atoms. The van der Waals surface area contributed by atoms with Gasteiger partial charge in [-0.15, -0.1) is 0 Å². The van der Waals surface area contributed by atoms with Crippen molar-refractivity contribution in [1.82, 2.24) is 0 Å². The zero-order valence-corrected chi connectivity index (χ0v) is 6.56. The quantitative estimate of drug-likeness (QED) is 0.404. The molecule has 6 heteroatoms. The first-order valence-electron chi connectivity index (χ1n) is 3.28. The van der Waals surface area contributed by atoms with Crippen molar-refractivity contribution >= 4 is 7.54 Å². The Bertz CT molecular complexity index is 169. The van der Waals surface area contributed by atoms with Gasteiger partial charge in [-0.3, -0.25) is 0 Å². The van der Waals surface area contributed by atoms with Gasteiger partial charge in [0.1, 0.15) is 0 Å². The van der Waals surface area contributed by atoms with Gasteiger partial charge in [0.15, 0.2) is 0 Å². The molecule has 0 nitrogen and oxygen atoms in total. The van der Waals surface area contributed by atoms with E-state index in [0.29, 0.717) is 0 Å². The van der Waals surface area contributed by atoms with Gasteiger partial charge in [0.25, 0.3) is 0 Å². The maximum atomic E-state index is 12.4. The Morgan fingerprint density at radius 1 is 1.00 bits per heavy atom. The van der Waals surface area contributed by atoms with E-state index in [1.54, 1.807) is 0 Å². The summed E-state index contributed by atoms with van der Waals surface area (Å²) in [6.45, 7) is 0. The van der Waals surface area contributed by atoms with Gasteiger partial charge in [-0.1, -0.05) is 0 Å². The van der Waals surface area contributed by atoms with Crippen LogP contribution in [0.15, 0.2) is 0 Å². The van der Waals surface area contributed by atoms with Crippen molar-refractivity contribution in [1.29, 1.82) is 0 Å². The summed E-state index contributed by atoms with van der Waals surface area (Å²) in [5.74, 6) is 0. The van der Waals surface area contributed by atoms with Crippen molar-refractivity contribution in [3.63, 3.8) is 0 Å². The standard InChI is InChI=1S/C5H8F5P/c6-5(7)3-1-2-4-11(5,8,9)10/h1-4H2. The summed E-state index contributed by atoms with van der Waals surface area (Å²) in [6, 6.07) is 0. The second kappa shape index (κ2) is 2.06. The predicted octanol–water partition coefficient (Wildman–Crippen LogP) is 3.97. The zero-order chi connectivity index (χ0) is 8.78. The molecule has 1 rings (SSSR count). The molecule has 0 saturated carbocycles. The van der Waals surface area contributed by atoms with Gasteiger partial charge in [-0.05, 0) is 0 Å². The molecule has 1 aliphatic heterocycles. The summed E-state index contributed by atoms with van der Waals surface area (Å²) in [4.78, 5) is 0. The first-order chi connectivity index (χ1) is 4.74. The molecule has 68 valence electrons. The Morgan fingerprint density at radius 3 is 1.82 bits per heavy atom. The molecule has 1 aliphatic rings. The third-order valence-electron chi connectivity index (χ3n) is 1.85. The van der Waals surface area contributed by atoms with Gasteiger partial charge in [0.05, 0.1) is 0 Å². The van der Waals surface area contributed by atoms with Crippen LogP contribution in [0.4, 0.5) is 21.4 Å². The van der Waals surface area contributed by atoms with E-state index < -0.39 is 25.8 Å². The van der Waals surface area contributed by atoms with Crippen molar-refractivity contribution in [2.24, 2.45) is 0 Å². The van der Waals surface area contributed by atoms with Crippen LogP contribution >= 0.6 is 7.54 Å². The molecule has 0 aliphatic carbocycles. The van der Waals surface area contributed by atoms with Crippen molar-refractivity contribution in [3.8, 4) is 0 Å². The van der Waals surface area contributed by atoms with Crippen molar-refractivity contribution in [2.45, 2.75) is 24.9 Å². The fourth-order valence-corrected chi connectivity index (χ4v) is 2.71. The van der Waals surface area contributed by atoms with Crippen molar-refractivity contribution in [2.75, 3.05) is 6.16 Å². The zero-order valence-electron chi connectivity index (χ0n) is 5.67. The molecule has 1 fully saturated rings. The van der Waals surface area contributed by atoms with E-state index in [-0.39, 0.29) is 12.8 Å². The normalized spacial score (nSPS) is 37.0. The SMILES string of the molecule is FC1(F)CCCCP1(F)(F)F. The number of halogens is 5. The third-order valence-corrected chi connectivity index (χ3v) is 4.33. The van der Waals surface area contributed by atoms with E-state index in [9.17, 15) is 21.4 Å². The second-order valence-electron chi connectivity index (χ2n) is 2.81. The number of alkyl halides is 2. The van der Waals surface area contributed by atoms with Crippen LogP contribution in [0, 0.1) is 0 Å². The predicted molar refractivity (Wildman–Crippen MR) is 33.9 cm³/mol. The second-order valence-corrected chi connectivity index (χ2v) is 5.83. The van der Waals surface area contributed by atoms with Crippen LogP contribution in [0.5, 0.6) is 0 Å². The molecular formula is C5H8F5P. The number of hydrogen-bond donors (Lipinski definition) is 0. The molecule has 0 amide bonds. The molecule has 0 radical (unpaired) electrons. The van der Waals surface area contributed by atoms with Gasteiger partial charge >= 0.3 is 60.0 Å². The molecule has 0 aromatic carbocycles. The number of rotatable bonds is 0. The summed E-state index contributed by atoms with van der Waals surface area (Å²) in [5, 5.41) is 0. The van der Waals surface area contributed by atoms with Crippen LogP contribution < -0.4 is 0 Å². The van der Waals surface area contributed by atoms with E-state index in [1.165, 1.54) is 0 Å². The van der Waals surface area contributed by atoms with Crippen LogP contribution in [0.3, 0.4) is 0 Å². The van der Waals surface area contributed by atoms with E-state index in [2.05, 4.69) is 0 Å². The molecule has 0 aromatic rings. The Morgan fingerprint density at radius 2 is 1.55 bits per heavy atom. The average Bonchev–Trinajstić information content (AvgIpc) is 1.76. The summed E-state index contributed by atoms with van der Waals surface area (Å²) < 4.78 is 61.7. The fourth-order valence-electron chi connectivity index (χ4n) is 1.08. The van der Waals surface area contributed by atoms with Crippen LogP contribution in [-0.4, -0.2) is 11.8 Å².